The van der Waals surface area contributed by atoms with Gasteiger partial charge in [-0.1, -0.05) is 24.1 Å². The normalized spacial score (nSPS) is 32.8. The average Bonchev–Trinajstić information content (AvgIpc) is 3.32. The van der Waals surface area contributed by atoms with Crippen LogP contribution in [-0.2, 0) is 23.8 Å². The van der Waals surface area contributed by atoms with Crippen LogP contribution in [0, 0.1) is 29.1 Å². The molecular formula is C25H22O7. The summed E-state index contributed by atoms with van der Waals surface area (Å²) in [5.41, 5.74) is -0.0878. The van der Waals surface area contributed by atoms with Gasteiger partial charge in [0.25, 0.3) is 0 Å². The summed E-state index contributed by atoms with van der Waals surface area (Å²) in [6.07, 6.45) is 0.0835. The molecular weight excluding hydrogens is 412 g/mol. The van der Waals surface area contributed by atoms with Gasteiger partial charge in [-0.3, -0.25) is 9.59 Å². The van der Waals surface area contributed by atoms with Crippen LogP contribution in [0.4, 0.5) is 0 Å². The SMILES string of the molecule is CC#Cc1occc1C1OC(=O)C2CC3CC(C)(C(=O)O3)C2C1OC(=O)c1ccccc1. The van der Waals surface area contributed by atoms with Gasteiger partial charge in [-0.15, -0.1) is 0 Å². The highest BCUT2D eigenvalue weighted by Crippen LogP contribution is 2.57. The van der Waals surface area contributed by atoms with Crippen molar-refractivity contribution >= 4 is 17.9 Å². The highest BCUT2D eigenvalue weighted by Gasteiger charge is 2.66. The molecule has 1 aliphatic carbocycles. The lowest BCUT2D eigenvalue weighted by molar-refractivity contribution is -0.197. The molecule has 3 fully saturated rings. The third kappa shape index (κ3) is 3.10. The highest BCUT2D eigenvalue weighted by molar-refractivity contribution is 5.90. The lowest BCUT2D eigenvalue weighted by Gasteiger charge is -2.48. The quantitative estimate of drug-likeness (QED) is 0.415. The van der Waals surface area contributed by atoms with Crippen LogP contribution in [0.25, 0.3) is 0 Å². The molecule has 5 rings (SSSR count). The average molecular weight is 434 g/mol. The number of ether oxygens (including phenoxy) is 3. The van der Waals surface area contributed by atoms with Crippen molar-refractivity contribution in [2.75, 3.05) is 0 Å². The van der Waals surface area contributed by atoms with Crippen molar-refractivity contribution in [2.24, 2.45) is 17.3 Å². The number of hydrogen-bond acceptors (Lipinski definition) is 7. The number of hydrogen-bond donors (Lipinski definition) is 0. The van der Waals surface area contributed by atoms with Gasteiger partial charge in [0.2, 0.25) is 0 Å². The molecule has 2 aromatic rings. The van der Waals surface area contributed by atoms with E-state index in [4.69, 9.17) is 18.6 Å². The molecule has 7 heteroatoms. The van der Waals surface area contributed by atoms with E-state index in [0.29, 0.717) is 29.7 Å². The van der Waals surface area contributed by atoms with Crippen molar-refractivity contribution in [3.63, 3.8) is 0 Å². The van der Waals surface area contributed by atoms with Crippen LogP contribution in [-0.4, -0.2) is 30.1 Å². The van der Waals surface area contributed by atoms with E-state index < -0.39 is 41.4 Å². The van der Waals surface area contributed by atoms with Gasteiger partial charge < -0.3 is 18.6 Å². The molecule has 0 amide bonds. The molecule has 0 radical (unpaired) electrons. The van der Waals surface area contributed by atoms with E-state index >= 15 is 0 Å². The van der Waals surface area contributed by atoms with Crippen LogP contribution in [0.5, 0.6) is 0 Å². The second-order valence-electron chi connectivity index (χ2n) is 8.69. The molecule has 1 aromatic carbocycles. The van der Waals surface area contributed by atoms with Crippen molar-refractivity contribution in [2.45, 2.75) is 45.0 Å². The Hall–Kier alpha value is -3.53. The molecule has 7 nitrogen and oxygen atoms in total. The fourth-order valence-corrected chi connectivity index (χ4v) is 5.36. The fraction of sp³-hybridized carbons (Fsp3) is 0.400. The zero-order valence-corrected chi connectivity index (χ0v) is 17.7. The van der Waals surface area contributed by atoms with E-state index in [-0.39, 0.29) is 12.1 Å². The van der Waals surface area contributed by atoms with Gasteiger partial charge >= 0.3 is 17.9 Å². The van der Waals surface area contributed by atoms with Crippen LogP contribution in [0.15, 0.2) is 47.1 Å². The first-order chi connectivity index (χ1) is 15.4. The largest absolute Gasteiger partial charge is 0.462 e. The number of cyclic esters (lactones) is 1. The molecule has 1 aromatic heterocycles. The number of benzene rings is 1. The molecule has 2 aliphatic heterocycles. The smallest absolute Gasteiger partial charge is 0.338 e. The Labute approximate surface area is 185 Å². The van der Waals surface area contributed by atoms with E-state index in [1.165, 1.54) is 6.26 Å². The Kier molecular flexibility index (Phi) is 4.81. The summed E-state index contributed by atoms with van der Waals surface area (Å²) in [5, 5.41) is 0. The number of carbonyl (C=O) groups excluding carboxylic acids is 3. The molecule has 0 spiro atoms. The minimum atomic E-state index is -0.965. The summed E-state index contributed by atoms with van der Waals surface area (Å²) in [5.74, 6) is 3.40. The highest BCUT2D eigenvalue weighted by atomic mass is 16.6. The summed E-state index contributed by atoms with van der Waals surface area (Å²) in [6.45, 7) is 3.45. The maximum Gasteiger partial charge on any atom is 0.338 e. The molecule has 1 saturated carbocycles. The van der Waals surface area contributed by atoms with Crippen LogP contribution < -0.4 is 0 Å². The molecule has 164 valence electrons. The third-order valence-corrected chi connectivity index (χ3v) is 6.77. The molecule has 2 saturated heterocycles. The number of rotatable bonds is 3. The van der Waals surface area contributed by atoms with Gasteiger partial charge in [-0.25, -0.2) is 4.79 Å². The second-order valence-corrected chi connectivity index (χ2v) is 8.69. The van der Waals surface area contributed by atoms with Crippen molar-refractivity contribution in [3.05, 3.63) is 59.5 Å². The standard InChI is InChI=1S/C25H22O7/c1-3-7-18-16(10-11-29-18)20-21(32-22(26)14-8-5-4-6-9-14)19-17(23(27)31-20)12-15-13-25(19,2)24(28)30-15/h4-6,8-11,15,17,19-21H,12-13H2,1-2H3. The van der Waals surface area contributed by atoms with E-state index in [2.05, 4.69) is 11.8 Å². The molecule has 6 atom stereocenters. The number of esters is 3. The maximum atomic E-state index is 13.1. The third-order valence-electron chi connectivity index (χ3n) is 6.77. The van der Waals surface area contributed by atoms with Gasteiger partial charge in [0, 0.05) is 12.3 Å². The van der Waals surface area contributed by atoms with Crippen molar-refractivity contribution < 1.29 is 33.0 Å². The molecule has 2 bridgehead atoms. The molecule has 0 N–H and O–H groups in total. The zero-order chi connectivity index (χ0) is 22.5. The summed E-state index contributed by atoms with van der Waals surface area (Å²) >= 11 is 0. The number of fused-ring (bicyclic) bond motifs is 4. The molecule has 3 aliphatic rings. The van der Waals surface area contributed by atoms with Gasteiger partial charge in [0.1, 0.15) is 12.2 Å². The topological polar surface area (TPSA) is 92.0 Å². The van der Waals surface area contributed by atoms with Crippen molar-refractivity contribution in [3.8, 4) is 11.8 Å². The molecule has 32 heavy (non-hydrogen) atoms. The lowest BCUT2D eigenvalue weighted by atomic mass is 9.59. The summed E-state index contributed by atoms with van der Waals surface area (Å²) in [7, 11) is 0. The van der Waals surface area contributed by atoms with Crippen LogP contribution >= 0.6 is 0 Å². The zero-order valence-electron chi connectivity index (χ0n) is 17.7. The van der Waals surface area contributed by atoms with E-state index in [1.807, 2.05) is 0 Å². The van der Waals surface area contributed by atoms with Crippen LogP contribution in [0.1, 0.15) is 54.5 Å². The van der Waals surface area contributed by atoms with Gasteiger partial charge in [0.05, 0.1) is 28.7 Å². The molecule has 3 heterocycles. The van der Waals surface area contributed by atoms with E-state index in [9.17, 15) is 14.4 Å². The van der Waals surface area contributed by atoms with Gasteiger partial charge in [-0.2, -0.15) is 0 Å². The Bertz CT molecular complexity index is 1140. The van der Waals surface area contributed by atoms with Gasteiger partial charge in [-0.05, 0) is 44.4 Å². The Morgan fingerprint density at radius 1 is 1.16 bits per heavy atom. The van der Waals surface area contributed by atoms with Crippen LogP contribution in [0.2, 0.25) is 0 Å². The first kappa shape index (κ1) is 20.4. The number of furan rings is 1. The first-order valence-electron chi connectivity index (χ1n) is 10.6. The Morgan fingerprint density at radius 2 is 1.94 bits per heavy atom. The predicted molar refractivity (Wildman–Crippen MR) is 110 cm³/mol. The summed E-state index contributed by atoms with van der Waals surface area (Å²) in [4.78, 5) is 39.0. The van der Waals surface area contributed by atoms with E-state index in [0.717, 1.165) is 0 Å². The lowest BCUT2D eigenvalue weighted by Crippen LogP contribution is -2.56. The van der Waals surface area contributed by atoms with Crippen molar-refractivity contribution in [1.29, 1.82) is 0 Å². The molecule has 6 unspecified atom stereocenters. The first-order valence-corrected chi connectivity index (χ1v) is 10.6. The summed E-state index contributed by atoms with van der Waals surface area (Å²) < 4.78 is 22.9. The van der Waals surface area contributed by atoms with Gasteiger partial charge in [0.15, 0.2) is 11.9 Å². The second kappa shape index (κ2) is 7.56. The Morgan fingerprint density at radius 3 is 2.69 bits per heavy atom. The minimum absolute atomic E-state index is 0.331. The number of carbonyl (C=O) groups is 3. The monoisotopic (exact) mass is 434 g/mol. The predicted octanol–water partition coefficient (Wildman–Crippen LogP) is 3.43. The minimum Gasteiger partial charge on any atom is -0.462 e. The summed E-state index contributed by atoms with van der Waals surface area (Å²) in [6, 6.07) is 10.2. The Balaban J connectivity index is 1.60. The maximum absolute atomic E-state index is 13.1. The fourth-order valence-electron chi connectivity index (χ4n) is 5.36. The van der Waals surface area contributed by atoms with Crippen molar-refractivity contribution in [1.82, 2.24) is 0 Å². The van der Waals surface area contributed by atoms with Crippen LogP contribution in [0.3, 0.4) is 0 Å². The van der Waals surface area contributed by atoms with E-state index in [1.54, 1.807) is 50.2 Å².